The third-order valence-corrected chi connectivity index (χ3v) is 20.5. The van der Waals surface area contributed by atoms with Crippen molar-refractivity contribution in [2.24, 2.45) is 28.3 Å². The Kier molecular flexibility index (Phi) is 31.0. The smallest absolute Gasteiger partial charge is 0.305 e. The summed E-state index contributed by atoms with van der Waals surface area (Å²) in [6.45, 7) is 10.8. The van der Waals surface area contributed by atoms with Crippen LogP contribution in [0.2, 0.25) is 0 Å². The number of piperidine rings is 1. The van der Waals surface area contributed by atoms with E-state index in [1.807, 2.05) is 73.4 Å². The van der Waals surface area contributed by atoms with Crippen LogP contribution in [-0.4, -0.2) is 269 Å². The van der Waals surface area contributed by atoms with Crippen LogP contribution in [0.1, 0.15) is 144 Å². The number of fused-ring (bicyclic) bond motifs is 3. The van der Waals surface area contributed by atoms with Gasteiger partial charge in [-0.2, -0.15) is 4.58 Å². The topological polar surface area (TPSA) is 517 Å². The van der Waals surface area contributed by atoms with E-state index >= 15 is 0 Å². The highest BCUT2D eigenvalue weighted by Gasteiger charge is 2.48. The van der Waals surface area contributed by atoms with E-state index in [9.17, 15) is 89.4 Å². The summed E-state index contributed by atoms with van der Waals surface area (Å²) in [6.07, 6.45) is 3.22. The summed E-state index contributed by atoms with van der Waals surface area (Å²) in [7, 11) is 0. The van der Waals surface area contributed by atoms with Crippen molar-refractivity contribution in [2.75, 3.05) is 70.5 Å². The van der Waals surface area contributed by atoms with E-state index in [4.69, 9.17) is 16.6 Å². The predicted octanol–water partition coefficient (Wildman–Crippen LogP) is -2.57. The number of aliphatic imine (C=N–C) groups is 1. The number of aliphatic hydroxyl groups is 10. The van der Waals surface area contributed by atoms with Crippen molar-refractivity contribution in [1.82, 2.24) is 42.1 Å². The van der Waals surface area contributed by atoms with Gasteiger partial charge >= 0.3 is 5.97 Å². The van der Waals surface area contributed by atoms with Gasteiger partial charge < -0.3 is 110 Å². The number of carboxylic acids is 1. The van der Waals surface area contributed by atoms with E-state index in [-0.39, 0.29) is 61.9 Å². The highest BCUT2D eigenvalue weighted by molar-refractivity contribution is 6.04. The molecule has 7 amide bonds. The van der Waals surface area contributed by atoms with Gasteiger partial charge in [0.2, 0.25) is 35.2 Å². The normalized spacial score (nSPS) is 23.7. The molecule has 5 heterocycles. The first kappa shape index (κ1) is 84.7. The van der Waals surface area contributed by atoms with Gasteiger partial charge in [-0.25, -0.2) is 0 Å². The van der Waals surface area contributed by atoms with Crippen molar-refractivity contribution in [3.05, 3.63) is 107 Å². The number of aliphatic hydroxyl groups excluding tert-OH is 10. The molecule has 106 heavy (non-hydrogen) atoms. The summed E-state index contributed by atoms with van der Waals surface area (Å²) in [5.74, 6) is -5.57. The molecule has 14 atom stereocenters. The lowest BCUT2D eigenvalue weighted by molar-refractivity contribution is -0.438. The third-order valence-electron chi connectivity index (χ3n) is 20.5. The number of nitrogens with zero attached hydrogens (tertiary/aromatic N) is 4. The van der Waals surface area contributed by atoms with Gasteiger partial charge in [-0.3, -0.25) is 48.2 Å². The van der Waals surface area contributed by atoms with Gasteiger partial charge in [-0.15, -0.1) is 0 Å². The fourth-order valence-electron chi connectivity index (χ4n) is 14.3. The van der Waals surface area contributed by atoms with Crippen LogP contribution >= 0.6 is 0 Å². The van der Waals surface area contributed by atoms with Crippen LogP contribution in [0.15, 0.2) is 89.6 Å². The first-order valence-electron chi connectivity index (χ1n) is 36.3. The molecule has 32 nitrogen and oxygen atoms in total. The zero-order chi connectivity index (χ0) is 77.9. The molecule has 0 aromatic heterocycles. The van der Waals surface area contributed by atoms with Gasteiger partial charge in [0.25, 0.3) is 11.8 Å². The quantitative estimate of drug-likeness (QED) is 0.0111. The number of rotatable bonds is 35. The maximum absolute atomic E-state index is 14.0. The second-order valence-corrected chi connectivity index (χ2v) is 29.4. The van der Waals surface area contributed by atoms with Gasteiger partial charge in [0.15, 0.2) is 11.7 Å². The minimum Gasteiger partial charge on any atom is -0.481 e. The van der Waals surface area contributed by atoms with Gasteiger partial charge in [0.05, 0.1) is 49.8 Å². The van der Waals surface area contributed by atoms with Gasteiger partial charge in [-0.1, -0.05) is 58.1 Å². The molecule has 2 aromatic rings. The average molecular weight is 1490 g/mol. The Bertz CT molecular complexity index is 3630. The molecule has 7 rings (SSSR count). The first-order chi connectivity index (χ1) is 50.2. The van der Waals surface area contributed by atoms with Gasteiger partial charge in [0, 0.05) is 110 Å². The number of hydrogen-bond acceptors (Lipinski definition) is 21. The molecule has 0 aliphatic carbocycles. The number of anilines is 1. The predicted molar refractivity (Wildman–Crippen MR) is 392 cm³/mol. The van der Waals surface area contributed by atoms with Crippen molar-refractivity contribution in [2.45, 2.75) is 202 Å². The largest absolute Gasteiger partial charge is 0.481 e. The van der Waals surface area contributed by atoms with E-state index in [2.05, 4.69) is 79.4 Å². The molecule has 2 aromatic carbocycles. The Labute approximate surface area is 616 Å². The zero-order valence-electron chi connectivity index (χ0n) is 61.1. The number of benzene rings is 2. The maximum atomic E-state index is 14.0. The molecule has 0 spiro atoms. The van der Waals surface area contributed by atoms with Crippen LogP contribution in [0.25, 0.3) is 0 Å². The van der Waals surface area contributed by atoms with Crippen LogP contribution in [0, 0.1) is 11.8 Å². The lowest BCUT2D eigenvalue weighted by Crippen LogP contribution is -2.62. The summed E-state index contributed by atoms with van der Waals surface area (Å²) in [5.41, 5.74) is 15.5. The van der Waals surface area contributed by atoms with Crippen molar-refractivity contribution < 1.29 is 99.1 Å². The highest BCUT2D eigenvalue weighted by Crippen LogP contribution is 2.48. The fraction of sp³-hybridized carbons (Fsp3) is 0.595. The summed E-state index contributed by atoms with van der Waals surface area (Å²) in [4.78, 5) is 116. The first-order valence-corrected chi connectivity index (χ1v) is 36.3. The van der Waals surface area contributed by atoms with Crippen LogP contribution in [0.3, 0.4) is 0 Å². The summed E-state index contributed by atoms with van der Waals surface area (Å²) in [6, 6.07) is 6.43. The minimum absolute atomic E-state index is 0.128. The Morgan fingerprint density at radius 1 is 0.698 bits per heavy atom. The highest BCUT2D eigenvalue weighted by atomic mass is 16.4. The van der Waals surface area contributed by atoms with Crippen LogP contribution in [0.5, 0.6) is 0 Å². The zero-order valence-corrected chi connectivity index (χ0v) is 61.1. The lowest BCUT2D eigenvalue weighted by Gasteiger charge is -2.43. The average Bonchev–Trinajstić information content (AvgIpc) is 1.59. The van der Waals surface area contributed by atoms with Crippen LogP contribution < -0.4 is 53.6 Å². The Hall–Kier alpha value is -8.54. The molecule has 0 saturated carbocycles. The van der Waals surface area contributed by atoms with Crippen molar-refractivity contribution in [1.29, 1.82) is 0 Å². The van der Waals surface area contributed by atoms with Crippen LogP contribution in [-0.2, 0) is 39.6 Å². The number of amides is 7. The Morgan fingerprint density at radius 3 is 1.93 bits per heavy atom. The number of carbonyl (C=O) groups excluding carboxylic acids is 7. The number of allylic oxidation sites excluding steroid dienone is 8. The number of aliphatic carboxylic acids is 1. The molecule has 584 valence electrons. The summed E-state index contributed by atoms with van der Waals surface area (Å²) in [5, 5.41) is 129. The molecule has 0 radical (unpaired) electrons. The number of carbonyl (C=O) groups is 8. The molecular weight excluding hydrogens is 1370 g/mol. The molecule has 22 N–H and O–H groups in total. The SMILES string of the molecule is CC(C)CCN1C(=CC=CC=CC=CC2=[N+](CCCCCC(=O)NC[C@@H]3C[C@@H]4CC[C@H]5C(=O)N[C@@H](CCCN=C(N)N)C(=O)NCC(=O)N[C@@H](CC(=O)O)C(=O)N[C@H]3CN45)c3ccc(C(=O)NCC(O)C(O)C(O)C(O)CO)cc3C2(C)C)C(C)(C)c2cc(C(=O)NCC(O)C(O)C(O)C(O)CO)ccc21. The molecule has 5 aliphatic heterocycles. The number of nitrogens with one attached hydrogen (secondary N) is 7. The Balaban J connectivity index is 1.05. The number of hydrogen-bond donors (Lipinski definition) is 20. The van der Waals surface area contributed by atoms with Crippen molar-refractivity contribution >= 4 is 70.4 Å². The minimum atomic E-state index is -1.89. The molecule has 5 aliphatic rings. The van der Waals surface area contributed by atoms with Crippen molar-refractivity contribution in [3.63, 3.8) is 0 Å². The second kappa shape index (κ2) is 38.8. The number of unbranched alkanes of at least 4 members (excludes halogenated alkanes) is 2. The molecule has 3 fully saturated rings. The van der Waals surface area contributed by atoms with E-state index in [0.717, 1.165) is 40.3 Å². The van der Waals surface area contributed by atoms with Gasteiger partial charge in [-0.05, 0) is 119 Å². The standard InChI is InChI=1S/C74H109N13O19/c1-41(2)26-29-86-52-24-21-43(68(103)80-36-55(91)64(99)66(101)57(93)40-89)32-47(52)74(5,6)59(86)18-12-9-7-8-11-17-58-73(3,4)46-31-42(67(102)79-35-54(90)63(98)65(100)56(92)39-88)20-23-51(46)85(58)28-14-10-13-19-60(94)78-34-44-30-45-22-25-53-71(106)83-48(16-15-27-77-72(75)76)69(104)81-37-61(95)82-49(33-62(96)97)70(105)84-50(44)38-87(45)53/h7-9,11-12,17-18,20-21,23-24,31-32,41,44-45,48-50,53-57,63-66,88-93,98-101H,10,13-16,19,22,25-30,33-40H2,1-6H3,(H11-,75,76,77,78,79,80,81,82,83,84,94,95,96,97,102,103,104,105,106)/p+1/t44-,45-,48-,49-,50-,53-,54?,55?,56?,57?,63?,64?,65?,66?/m0/s1. The van der Waals surface area contributed by atoms with E-state index < -0.39 is 165 Å². The number of carboxylic acid groups (broad SMARTS) is 1. The molecule has 32 heteroatoms. The molecular formula is C74H110N13O19+. The third kappa shape index (κ3) is 22.1. The lowest BCUT2D eigenvalue weighted by atomic mass is 9.80. The monoisotopic (exact) mass is 1480 g/mol. The van der Waals surface area contributed by atoms with E-state index in [0.29, 0.717) is 69.5 Å². The van der Waals surface area contributed by atoms with E-state index in [1.165, 1.54) is 0 Å². The number of guanidine groups is 1. The summed E-state index contributed by atoms with van der Waals surface area (Å²) >= 11 is 0. The number of nitrogens with two attached hydrogens (primary N) is 2. The van der Waals surface area contributed by atoms with Gasteiger partial charge in [0.1, 0.15) is 55.3 Å². The summed E-state index contributed by atoms with van der Waals surface area (Å²) < 4.78 is 2.16. The molecule has 8 unspecified atom stereocenters. The van der Waals surface area contributed by atoms with E-state index in [1.54, 1.807) is 24.3 Å². The molecule has 3 saturated heterocycles. The fourth-order valence-corrected chi connectivity index (χ4v) is 14.3. The second-order valence-electron chi connectivity index (χ2n) is 29.4. The van der Waals surface area contributed by atoms with Crippen molar-refractivity contribution in [3.8, 4) is 0 Å². The molecule has 2 bridgehead atoms. The Morgan fingerprint density at radius 2 is 1.31 bits per heavy atom. The van der Waals surface area contributed by atoms with Crippen LogP contribution in [0.4, 0.5) is 11.4 Å². The maximum Gasteiger partial charge on any atom is 0.305 e.